The van der Waals surface area contributed by atoms with E-state index < -0.39 is 35.9 Å². The first-order valence-electron chi connectivity index (χ1n) is 6.43. The molecule has 1 fully saturated rings. The highest BCUT2D eigenvalue weighted by molar-refractivity contribution is 9.14. The molecule has 8 heteroatoms. The van der Waals surface area contributed by atoms with Crippen LogP contribution in [-0.2, 0) is 14.3 Å². The number of phenolic OH excluding ortho intramolecular Hbond substituents is 1. The van der Waals surface area contributed by atoms with E-state index in [9.17, 15) is 19.8 Å². The minimum Gasteiger partial charge on any atom is -0.508 e. The number of aliphatic carboxylic acids is 1. The molecule has 3 rings (SSSR count). The van der Waals surface area contributed by atoms with Crippen LogP contribution in [0, 0.1) is 11.8 Å². The number of carbonyl (C=O) groups is 2. The molecule has 0 radical (unpaired) electrons. The Bertz CT molecular complexity index is 672. The maximum atomic E-state index is 12.5. The molecule has 0 saturated carbocycles. The molecule has 1 aromatic carbocycles. The zero-order chi connectivity index (χ0) is 16.0. The van der Waals surface area contributed by atoms with Crippen molar-refractivity contribution in [3.8, 4) is 5.75 Å². The van der Waals surface area contributed by atoms with E-state index in [1.165, 1.54) is 24.3 Å². The molecule has 4 atom stereocenters. The van der Waals surface area contributed by atoms with Gasteiger partial charge in [0, 0.05) is 14.7 Å². The van der Waals surface area contributed by atoms with E-state index in [1.807, 2.05) is 0 Å². The molecule has 2 aliphatic rings. The number of fused-ring (bicyclic) bond motifs is 2. The van der Waals surface area contributed by atoms with Gasteiger partial charge in [-0.15, -0.1) is 0 Å². The Morgan fingerprint density at radius 2 is 1.59 bits per heavy atom. The SMILES string of the molecule is O=C(Nc1ccc(O)cc1)[C@@H]1[C@H](C(=O)O)[C@H]2O[C@H]1C(Br)=C2Br. The van der Waals surface area contributed by atoms with Gasteiger partial charge >= 0.3 is 5.97 Å². The lowest BCUT2D eigenvalue weighted by molar-refractivity contribution is -0.146. The Morgan fingerprint density at radius 3 is 2.14 bits per heavy atom. The average molecular weight is 433 g/mol. The van der Waals surface area contributed by atoms with Crippen molar-refractivity contribution in [2.45, 2.75) is 12.2 Å². The summed E-state index contributed by atoms with van der Waals surface area (Å²) >= 11 is 6.65. The number of ether oxygens (including phenoxy) is 1. The highest BCUT2D eigenvalue weighted by Crippen LogP contribution is 2.51. The van der Waals surface area contributed by atoms with Gasteiger partial charge in [-0.2, -0.15) is 0 Å². The fraction of sp³-hybridized carbons (Fsp3) is 0.286. The monoisotopic (exact) mass is 431 g/mol. The average Bonchev–Trinajstić information content (AvgIpc) is 2.99. The summed E-state index contributed by atoms with van der Waals surface area (Å²) in [5, 5.41) is 21.3. The molecule has 116 valence electrons. The molecule has 1 saturated heterocycles. The standard InChI is InChI=1S/C14H11Br2NO5/c15-9-10(16)12-8(14(20)21)7(11(9)22-12)13(19)17-5-1-3-6(18)4-2-5/h1-4,7-8,11-12,18H,(H,17,19)(H,20,21)/t7-,8+,11-,12-/m1/s1. The van der Waals surface area contributed by atoms with Crippen molar-refractivity contribution in [1.82, 2.24) is 0 Å². The Hall–Kier alpha value is -1.38. The molecule has 0 aromatic heterocycles. The summed E-state index contributed by atoms with van der Waals surface area (Å²) in [5.74, 6) is -3.19. The topological polar surface area (TPSA) is 95.9 Å². The number of amides is 1. The van der Waals surface area contributed by atoms with E-state index in [1.54, 1.807) is 0 Å². The molecule has 3 N–H and O–H groups in total. The van der Waals surface area contributed by atoms with Crippen molar-refractivity contribution >= 4 is 49.4 Å². The minimum atomic E-state index is -1.07. The Labute approximate surface area is 142 Å². The predicted octanol–water partition coefficient (Wildman–Crippen LogP) is 2.43. The molecule has 2 heterocycles. The van der Waals surface area contributed by atoms with Crippen LogP contribution >= 0.6 is 31.9 Å². The second kappa shape index (κ2) is 5.68. The van der Waals surface area contributed by atoms with Crippen LogP contribution in [-0.4, -0.2) is 34.3 Å². The number of nitrogens with one attached hydrogen (secondary N) is 1. The number of aromatic hydroxyl groups is 1. The third-order valence-corrected chi connectivity index (χ3v) is 6.07. The fourth-order valence-electron chi connectivity index (χ4n) is 2.76. The van der Waals surface area contributed by atoms with Crippen LogP contribution in [0.2, 0.25) is 0 Å². The van der Waals surface area contributed by atoms with Gasteiger partial charge in [-0.25, -0.2) is 0 Å². The van der Waals surface area contributed by atoms with Gasteiger partial charge in [0.2, 0.25) is 5.91 Å². The van der Waals surface area contributed by atoms with Crippen LogP contribution in [0.25, 0.3) is 0 Å². The van der Waals surface area contributed by atoms with E-state index in [2.05, 4.69) is 37.2 Å². The number of hydrogen-bond donors (Lipinski definition) is 3. The summed E-state index contributed by atoms with van der Waals surface area (Å²) in [5.41, 5.74) is 0.480. The molecule has 2 aliphatic heterocycles. The number of anilines is 1. The van der Waals surface area contributed by atoms with Gasteiger partial charge in [0.05, 0.1) is 5.92 Å². The number of benzene rings is 1. The molecule has 22 heavy (non-hydrogen) atoms. The van der Waals surface area contributed by atoms with Gasteiger partial charge in [0.15, 0.2) is 0 Å². The number of carboxylic acid groups (broad SMARTS) is 1. The Morgan fingerprint density at radius 1 is 1.05 bits per heavy atom. The summed E-state index contributed by atoms with van der Waals surface area (Å²) < 4.78 is 6.92. The highest BCUT2D eigenvalue weighted by Gasteiger charge is 2.58. The first-order valence-corrected chi connectivity index (χ1v) is 8.02. The maximum absolute atomic E-state index is 12.5. The van der Waals surface area contributed by atoms with Crippen molar-refractivity contribution in [2.24, 2.45) is 11.8 Å². The molecular formula is C14H11Br2NO5. The smallest absolute Gasteiger partial charge is 0.310 e. The van der Waals surface area contributed by atoms with Crippen LogP contribution in [0.4, 0.5) is 5.69 Å². The first-order chi connectivity index (χ1) is 10.4. The van der Waals surface area contributed by atoms with E-state index in [0.717, 1.165) is 0 Å². The number of hydrogen-bond acceptors (Lipinski definition) is 4. The number of halogens is 2. The number of carboxylic acids is 1. The maximum Gasteiger partial charge on any atom is 0.310 e. The van der Waals surface area contributed by atoms with E-state index >= 15 is 0 Å². The van der Waals surface area contributed by atoms with E-state index in [0.29, 0.717) is 14.7 Å². The van der Waals surface area contributed by atoms with Crippen LogP contribution in [0.3, 0.4) is 0 Å². The highest BCUT2D eigenvalue weighted by atomic mass is 79.9. The largest absolute Gasteiger partial charge is 0.508 e. The minimum absolute atomic E-state index is 0.0827. The second-order valence-electron chi connectivity index (χ2n) is 5.10. The Balaban J connectivity index is 1.85. The molecular weight excluding hydrogens is 422 g/mol. The van der Waals surface area contributed by atoms with Crippen molar-refractivity contribution in [1.29, 1.82) is 0 Å². The quantitative estimate of drug-likeness (QED) is 0.637. The van der Waals surface area contributed by atoms with Crippen LogP contribution < -0.4 is 5.32 Å². The number of carbonyl (C=O) groups excluding carboxylic acids is 1. The molecule has 1 amide bonds. The van der Waals surface area contributed by atoms with Crippen LogP contribution in [0.15, 0.2) is 33.2 Å². The molecule has 0 aliphatic carbocycles. The summed E-state index contributed by atoms with van der Waals surface area (Å²) in [6.45, 7) is 0. The van der Waals surface area contributed by atoms with E-state index in [-0.39, 0.29) is 5.75 Å². The molecule has 1 aromatic rings. The van der Waals surface area contributed by atoms with Crippen molar-refractivity contribution in [3.63, 3.8) is 0 Å². The lowest BCUT2D eigenvalue weighted by atomic mass is 9.82. The van der Waals surface area contributed by atoms with E-state index in [4.69, 9.17) is 4.74 Å². The lowest BCUT2D eigenvalue weighted by Gasteiger charge is -2.24. The predicted molar refractivity (Wildman–Crippen MR) is 84.9 cm³/mol. The van der Waals surface area contributed by atoms with Gasteiger partial charge in [0.1, 0.15) is 23.9 Å². The molecule has 0 unspecified atom stereocenters. The van der Waals surface area contributed by atoms with Gasteiger partial charge in [-0.1, -0.05) is 31.9 Å². The molecule has 0 spiro atoms. The molecule has 6 nitrogen and oxygen atoms in total. The number of phenols is 1. The van der Waals surface area contributed by atoms with Crippen molar-refractivity contribution in [2.75, 3.05) is 5.32 Å². The van der Waals surface area contributed by atoms with Gasteiger partial charge in [0.25, 0.3) is 0 Å². The zero-order valence-corrected chi connectivity index (χ0v) is 14.2. The molecule has 2 bridgehead atoms. The van der Waals surface area contributed by atoms with Crippen LogP contribution in [0.5, 0.6) is 5.75 Å². The third-order valence-electron chi connectivity index (χ3n) is 3.78. The number of rotatable bonds is 3. The third kappa shape index (κ3) is 2.45. The summed E-state index contributed by atoms with van der Waals surface area (Å²) in [4.78, 5) is 24.0. The zero-order valence-electron chi connectivity index (χ0n) is 11.0. The summed E-state index contributed by atoms with van der Waals surface area (Å²) in [6, 6.07) is 5.96. The van der Waals surface area contributed by atoms with Gasteiger partial charge in [-0.3, -0.25) is 9.59 Å². The summed E-state index contributed by atoms with van der Waals surface area (Å²) in [6.07, 6.45) is -1.27. The first kappa shape index (κ1) is 15.5. The van der Waals surface area contributed by atoms with Gasteiger partial charge in [-0.05, 0) is 24.3 Å². The normalized spacial score (nSPS) is 29.7. The van der Waals surface area contributed by atoms with Crippen molar-refractivity contribution < 1.29 is 24.5 Å². The summed E-state index contributed by atoms with van der Waals surface area (Å²) in [7, 11) is 0. The van der Waals surface area contributed by atoms with Crippen molar-refractivity contribution in [3.05, 3.63) is 33.2 Å². The second-order valence-corrected chi connectivity index (χ2v) is 6.81. The fourth-order valence-corrected chi connectivity index (χ4v) is 4.00. The lowest BCUT2D eigenvalue weighted by Crippen LogP contribution is -2.40. The van der Waals surface area contributed by atoms with Crippen LogP contribution in [0.1, 0.15) is 0 Å². The van der Waals surface area contributed by atoms with Gasteiger partial charge < -0.3 is 20.3 Å². The Kier molecular flexibility index (Phi) is 4.00.